The maximum Gasteiger partial charge on any atom is 0.337 e. The number of nitrogens with zero attached hydrogens (tertiary/aromatic N) is 3. The second-order valence-corrected chi connectivity index (χ2v) is 8.28. The molecule has 0 aromatic heterocycles. The molecule has 3 amide bonds. The van der Waals surface area contributed by atoms with E-state index in [1.165, 1.54) is 14.2 Å². The summed E-state index contributed by atoms with van der Waals surface area (Å²) in [5, 5.41) is 2.83. The Morgan fingerprint density at radius 3 is 2.39 bits per heavy atom. The highest BCUT2D eigenvalue weighted by Gasteiger charge is 2.33. The minimum atomic E-state index is -0.365. The van der Waals surface area contributed by atoms with Gasteiger partial charge in [-0.1, -0.05) is 0 Å². The van der Waals surface area contributed by atoms with Crippen LogP contribution in [-0.2, 0) is 9.53 Å². The number of carbonyl (C=O) groups excluding carboxylic acids is 4. The van der Waals surface area contributed by atoms with Crippen molar-refractivity contribution in [3.63, 3.8) is 0 Å². The minimum Gasteiger partial charge on any atom is -0.465 e. The van der Waals surface area contributed by atoms with Crippen LogP contribution in [0.15, 0.2) is 42.5 Å². The van der Waals surface area contributed by atoms with Crippen molar-refractivity contribution >= 4 is 35.1 Å². The molecular weight excluding hydrogens is 424 g/mol. The second kappa shape index (κ2) is 9.03. The van der Waals surface area contributed by atoms with Gasteiger partial charge in [-0.05, 0) is 49.4 Å². The van der Waals surface area contributed by atoms with Gasteiger partial charge < -0.3 is 15.0 Å². The van der Waals surface area contributed by atoms with Gasteiger partial charge in [0.05, 0.1) is 30.3 Å². The van der Waals surface area contributed by atoms with Gasteiger partial charge in [-0.3, -0.25) is 24.2 Å². The molecule has 2 aromatic carbocycles. The van der Waals surface area contributed by atoms with Crippen LogP contribution in [0.5, 0.6) is 0 Å². The number of piperazine rings is 1. The highest BCUT2D eigenvalue weighted by molar-refractivity contribution is 6.21. The number of hydrogen-bond donors (Lipinski definition) is 1. The Balaban J connectivity index is 1.34. The van der Waals surface area contributed by atoms with Gasteiger partial charge in [-0.15, -0.1) is 0 Å². The minimum absolute atomic E-state index is 0.137. The summed E-state index contributed by atoms with van der Waals surface area (Å²) >= 11 is 0. The lowest BCUT2D eigenvalue weighted by Crippen LogP contribution is -2.53. The monoisotopic (exact) mass is 450 g/mol. The normalized spacial score (nSPS) is 18.3. The molecule has 0 bridgehead atoms. The Morgan fingerprint density at radius 1 is 1.03 bits per heavy atom. The van der Waals surface area contributed by atoms with Crippen LogP contribution in [0, 0.1) is 0 Å². The summed E-state index contributed by atoms with van der Waals surface area (Å²) in [4.78, 5) is 53.8. The summed E-state index contributed by atoms with van der Waals surface area (Å²) in [6.07, 6.45) is 0. The van der Waals surface area contributed by atoms with Crippen LogP contribution in [-0.4, -0.2) is 79.9 Å². The highest BCUT2D eigenvalue weighted by atomic mass is 16.5. The Hall–Kier alpha value is -3.72. The number of nitrogens with one attached hydrogen (secondary N) is 1. The van der Waals surface area contributed by atoms with Crippen molar-refractivity contribution in [3.05, 3.63) is 59.2 Å². The van der Waals surface area contributed by atoms with Gasteiger partial charge in [0.25, 0.3) is 11.8 Å². The van der Waals surface area contributed by atoms with Crippen LogP contribution >= 0.6 is 0 Å². The number of esters is 1. The number of hydrogen-bond acceptors (Lipinski definition) is 7. The molecule has 0 spiro atoms. The fourth-order valence-corrected chi connectivity index (χ4v) is 4.21. The average Bonchev–Trinajstić information content (AvgIpc) is 3.03. The third-order valence-electron chi connectivity index (χ3n) is 6.14. The van der Waals surface area contributed by atoms with Crippen LogP contribution < -0.4 is 10.2 Å². The van der Waals surface area contributed by atoms with E-state index < -0.39 is 0 Å². The first-order chi connectivity index (χ1) is 15.8. The van der Waals surface area contributed by atoms with Gasteiger partial charge >= 0.3 is 5.97 Å². The highest BCUT2D eigenvalue weighted by Crippen LogP contribution is 2.25. The lowest BCUT2D eigenvalue weighted by atomic mass is 10.1. The van der Waals surface area contributed by atoms with Gasteiger partial charge in [-0.25, -0.2) is 4.79 Å². The predicted molar refractivity (Wildman–Crippen MR) is 123 cm³/mol. The van der Waals surface area contributed by atoms with Crippen LogP contribution in [0.25, 0.3) is 0 Å². The van der Waals surface area contributed by atoms with E-state index >= 15 is 0 Å². The molecule has 9 nitrogen and oxygen atoms in total. The van der Waals surface area contributed by atoms with Crippen molar-refractivity contribution in [1.29, 1.82) is 0 Å². The third-order valence-corrected chi connectivity index (χ3v) is 6.14. The van der Waals surface area contributed by atoms with Crippen molar-refractivity contribution < 1.29 is 23.9 Å². The predicted octanol–water partition coefficient (Wildman–Crippen LogP) is 1.85. The van der Waals surface area contributed by atoms with E-state index in [0.717, 1.165) is 23.7 Å². The summed E-state index contributed by atoms with van der Waals surface area (Å²) < 4.78 is 4.74. The van der Waals surface area contributed by atoms with E-state index in [1.54, 1.807) is 30.3 Å². The van der Waals surface area contributed by atoms with Crippen LogP contribution in [0.4, 0.5) is 11.4 Å². The quantitative estimate of drug-likeness (QED) is 0.548. The smallest absolute Gasteiger partial charge is 0.337 e. The van der Waals surface area contributed by atoms with Gasteiger partial charge in [0.2, 0.25) is 5.91 Å². The molecule has 2 aliphatic heterocycles. The summed E-state index contributed by atoms with van der Waals surface area (Å²) in [5.74, 6) is -1.24. The maximum atomic E-state index is 12.6. The first-order valence-corrected chi connectivity index (χ1v) is 10.7. The number of rotatable bonds is 5. The van der Waals surface area contributed by atoms with Crippen molar-refractivity contribution in [2.24, 2.45) is 0 Å². The molecule has 33 heavy (non-hydrogen) atoms. The molecule has 2 aliphatic rings. The summed E-state index contributed by atoms with van der Waals surface area (Å²) in [7, 11) is 2.80. The fraction of sp³-hybridized carbons (Fsp3) is 0.333. The molecule has 1 unspecified atom stereocenters. The SMILES string of the molecule is COC(=O)c1ccc(N2CCN(CC(=O)Nc3ccc4c(c3)C(=O)N(C)C4=O)C(C)C2)cc1. The van der Waals surface area contributed by atoms with E-state index in [9.17, 15) is 19.2 Å². The second-order valence-electron chi connectivity index (χ2n) is 8.28. The van der Waals surface area contributed by atoms with E-state index in [2.05, 4.69) is 22.0 Å². The number of ether oxygens (including phenoxy) is 1. The number of benzene rings is 2. The standard InChI is InChI=1S/C24H26N4O5/c1-15-13-28(18-7-4-16(5-8-18)24(32)33-3)11-10-27(15)14-21(29)25-17-6-9-19-20(12-17)23(31)26(2)22(19)30/h4-9,12,15H,10-11,13-14H2,1-3H3,(H,25,29). The molecule has 2 heterocycles. The molecule has 172 valence electrons. The van der Waals surface area contributed by atoms with Crippen LogP contribution in [0.3, 0.4) is 0 Å². The summed E-state index contributed by atoms with van der Waals surface area (Å²) in [5.41, 5.74) is 2.67. The largest absolute Gasteiger partial charge is 0.465 e. The Bertz CT molecular complexity index is 1110. The van der Waals surface area contributed by atoms with E-state index in [4.69, 9.17) is 4.74 Å². The zero-order valence-corrected chi connectivity index (χ0v) is 18.8. The molecule has 0 saturated carbocycles. The molecule has 1 atom stereocenters. The lowest BCUT2D eigenvalue weighted by molar-refractivity contribution is -0.117. The van der Waals surface area contributed by atoms with E-state index in [1.807, 2.05) is 12.1 Å². The first kappa shape index (κ1) is 22.5. The van der Waals surface area contributed by atoms with Crippen molar-refractivity contribution in [2.75, 3.05) is 50.6 Å². The first-order valence-electron chi connectivity index (χ1n) is 10.7. The third kappa shape index (κ3) is 4.45. The van der Waals surface area contributed by atoms with E-state index in [0.29, 0.717) is 28.9 Å². The molecule has 2 aromatic rings. The van der Waals surface area contributed by atoms with Gasteiger partial charge in [-0.2, -0.15) is 0 Å². The summed E-state index contributed by atoms with van der Waals surface area (Å²) in [6, 6.07) is 12.2. The fourth-order valence-electron chi connectivity index (χ4n) is 4.21. The average molecular weight is 450 g/mol. The van der Waals surface area contributed by atoms with Crippen molar-refractivity contribution in [3.8, 4) is 0 Å². The number of carbonyl (C=O) groups is 4. The number of imide groups is 1. The van der Waals surface area contributed by atoms with Gasteiger partial charge in [0, 0.05) is 44.1 Å². The molecular formula is C24H26N4O5. The zero-order chi connectivity index (χ0) is 23.7. The van der Waals surface area contributed by atoms with Crippen molar-refractivity contribution in [1.82, 2.24) is 9.80 Å². The summed E-state index contributed by atoms with van der Waals surface area (Å²) in [6.45, 7) is 4.48. The lowest BCUT2D eigenvalue weighted by Gasteiger charge is -2.40. The number of methoxy groups -OCH3 is 1. The molecule has 4 rings (SSSR count). The zero-order valence-electron chi connectivity index (χ0n) is 18.8. The molecule has 1 N–H and O–H groups in total. The number of amides is 3. The van der Waals surface area contributed by atoms with Crippen molar-refractivity contribution in [2.45, 2.75) is 13.0 Å². The number of anilines is 2. The molecule has 9 heteroatoms. The Morgan fingerprint density at radius 2 is 1.73 bits per heavy atom. The topological polar surface area (TPSA) is 99.3 Å². The Kier molecular flexibility index (Phi) is 6.15. The molecule has 1 fully saturated rings. The van der Waals surface area contributed by atoms with E-state index in [-0.39, 0.29) is 36.3 Å². The molecule has 1 saturated heterocycles. The van der Waals surface area contributed by atoms with Gasteiger partial charge in [0.15, 0.2) is 0 Å². The molecule has 0 radical (unpaired) electrons. The van der Waals surface area contributed by atoms with Crippen LogP contribution in [0.1, 0.15) is 38.0 Å². The van der Waals surface area contributed by atoms with Gasteiger partial charge in [0.1, 0.15) is 0 Å². The number of fused-ring (bicyclic) bond motifs is 1. The Labute approximate surface area is 191 Å². The molecule has 0 aliphatic carbocycles. The van der Waals surface area contributed by atoms with Crippen LogP contribution in [0.2, 0.25) is 0 Å². The maximum absolute atomic E-state index is 12.6.